The van der Waals surface area contributed by atoms with Crippen LogP contribution in [0.15, 0.2) is 0 Å². The highest BCUT2D eigenvalue weighted by molar-refractivity contribution is 5.87. The number of nitrogens with one attached hydrogen (secondary N) is 1. The predicted molar refractivity (Wildman–Crippen MR) is 68.7 cm³/mol. The van der Waals surface area contributed by atoms with Gasteiger partial charge in [0, 0.05) is 19.5 Å². The van der Waals surface area contributed by atoms with Crippen molar-refractivity contribution in [2.45, 2.75) is 51.1 Å². The molecular formula is C13H23N3O2. The maximum absolute atomic E-state index is 12.2. The van der Waals surface area contributed by atoms with Gasteiger partial charge in [-0.3, -0.25) is 9.59 Å². The largest absolute Gasteiger partial charge is 0.351 e. The van der Waals surface area contributed by atoms with Crippen molar-refractivity contribution in [3.8, 4) is 0 Å². The third-order valence-electron chi connectivity index (χ3n) is 4.25. The second kappa shape index (κ2) is 5.69. The Balaban J connectivity index is 1.93. The monoisotopic (exact) mass is 253 g/mol. The summed E-state index contributed by atoms with van der Waals surface area (Å²) >= 11 is 0. The molecule has 0 aromatic carbocycles. The van der Waals surface area contributed by atoms with E-state index in [1.54, 1.807) is 4.90 Å². The average molecular weight is 253 g/mol. The van der Waals surface area contributed by atoms with E-state index in [0.717, 1.165) is 32.1 Å². The lowest BCUT2D eigenvalue weighted by Gasteiger charge is -2.26. The highest BCUT2D eigenvalue weighted by Crippen LogP contribution is 2.25. The zero-order valence-electron chi connectivity index (χ0n) is 11.0. The van der Waals surface area contributed by atoms with Gasteiger partial charge >= 0.3 is 0 Å². The van der Waals surface area contributed by atoms with Crippen molar-refractivity contribution < 1.29 is 9.59 Å². The molecule has 1 saturated carbocycles. The van der Waals surface area contributed by atoms with E-state index in [1.165, 1.54) is 6.92 Å². The minimum atomic E-state index is -0.262. The molecule has 0 aromatic heterocycles. The van der Waals surface area contributed by atoms with Crippen molar-refractivity contribution in [2.24, 2.45) is 11.7 Å². The van der Waals surface area contributed by atoms with Crippen LogP contribution in [0.2, 0.25) is 0 Å². The number of hydrogen-bond acceptors (Lipinski definition) is 3. The molecule has 1 aliphatic carbocycles. The van der Waals surface area contributed by atoms with Gasteiger partial charge in [-0.15, -0.1) is 0 Å². The Morgan fingerprint density at radius 3 is 2.72 bits per heavy atom. The van der Waals surface area contributed by atoms with E-state index in [1.807, 2.05) is 0 Å². The molecule has 2 aliphatic rings. The summed E-state index contributed by atoms with van der Waals surface area (Å²) in [6, 6.07) is -0.0570. The van der Waals surface area contributed by atoms with Gasteiger partial charge in [0.05, 0.1) is 0 Å². The number of likely N-dealkylation sites (tertiary alicyclic amines) is 1. The van der Waals surface area contributed by atoms with Crippen molar-refractivity contribution in [3.63, 3.8) is 0 Å². The molecule has 0 bridgehead atoms. The van der Waals surface area contributed by atoms with Gasteiger partial charge in [-0.1, -0.05) is 6.42 Å². The minimum Gasteiger partial charge on any atom is -0.351 e. The Morgan fingerprint density at radius 1 is 1.28 bits per heavy atom. The van der Waals surface area contributed by atoms with Crippen molar-refractivity contribution in [2.75, 3.05) is 13.1 Å². The summed E-state index contributed by atoms with van der Waals surface area (Å²) in [5.41, 5.74) is 5.71. The average Bonchev–Trinajstić information content (AvgIpc) is 2.96. The summed E-state index contributed by atoms with van der Waals surface area (Å²) in [5, 5.41) is 3.09. The van der Waals surface area contributed by atoms with Crippen LogP contribution < -0.4 is 11.1 Å². The third-order valence-corrected chi connectivity index (χ3v) is 4.25. The van der Waals surface area contributed by atoms with Gasteiger partial charge in [-0.05, 0) is 38.1 Å². The molecule has 2 amide bonds. The first-order chi connectivity index (χ1) is 8.63. The van der Waals surface area contributed by atoms with E-state index >= 15 is 0 Å². The van der Waals surface area contributed by atoms with Crippen molar-refractivity contribution in [3.05, 3.63) is 0 Å². The van der Waals surface area contributed by atoms with Crippen LogP contribution >= 0.6 is 0 Å². The topological polar surface area (TPSA) is 75.4 Å². The Morgan fingerprint density at radius 2 is 2.06 bits per heavy atom. The van der Waals surface area contributed by atoms with Gasteiger partial charge < -0.3 is 16.0 Å². The summed E-state index contributed by atoms with van der Waals surface area (Å²) in [6.45, 7) is 2.87. The van der Waals surface area contributed by atoms with Crippen LogP contribution in [-0.4, -0.2) is 41.9 Å². The number of hydrogen-bond donors (Lipinski definition) is 2. The van der Waals surface area contributed by atoms with Crippen LogP contribution in [0.5, 0.6) is 0 Å². The van der Waals surface area contributed by atoms with E-state index in [4.69, 9.17) is 5.73 Å². The molecule has 0 spiro atoms. The van der Waals surface area contributed by atoms with Crippen molar-refractivity contribution in [1.82, 2.24) is 10.2 Å². The number of carbonyl (C=O) groups excluding carboxylic acids is 2. The van der Waals surface area contributed by atoms with E-state index in [2.05, 4.69) is 5.32 Å². The molecule has 1 heterocycles. The lowest BCUT2D eigenvalue weighted by Crippen LogP contribution is -2.49. The molecule has 102 valence electrons. The minimum absolute atomic E-state index is 0.00514. The molecule has 1 saturated heterocycles. The molecule has 0 aromatic rings. The maximum atomic E-state index is 12.2. The van der Waals surface area contributed by atoms with Gasteiger partial charge in [0.2, 0.25) is 11.8 Å². The molecule has 2 fully saturated rings. The van der Waals surface area contributed by atoms with Gasteiger partial charge in [0.25, 0.3) is 0 Å². The van der Waals surface area contributed by atoms with Crippen LogP contribution in [-0.2, 0) is 9.59 Å². The van der Waals surface area contributed by atoms with Gasteiger partial charge in [-0.25, -0.2) is 0 Å². The lowest BCUT2D eigenvalue weighted by molar-refractivity contribution is -0.137. The zero-order chi connectivity index (χ0) is 13.1. The number of rotatable bonds is 3. The van der Waals surface area contributed by atoms with E-state index in [9.17, 15) is 9.59 Å². The Labute approximate surface area is 108 Å². The fourth-order valence-corrected chi connectivity index (χ4v) is 3.20. The summed E-state index contributed by atoms with van der Waals surface area (Å²) in [7, 11) is 0. The first-order valence-corrected chi connectivity index (χ1v) is 6.91. The first-order valence-electron chi connectivity index (χ1n) is 6.91. The molecule has 5 heteroatoms. The Bertz CT molecular complexity index is 332. The summed E-state index contributed by atoms with van der Waals surface area (Å²) in [6.07, 6.45) is 4.95. The van der Waals surface area contributed by atoms with Crippen molar-refractivity contribution in [1.29, 1.82) is 0 Å². The van der Waals surface area contributed by atoms with Gasteiger partial charge in [0.1, 0.15) is 6.04 Å². The van der Waals surface area contributed by atoms with E-state index in [-0.39, 0.29) is 23.9 Å². The van der Waals surface area contributed by atoms with E-state index < -0.39 is 0 Å². The summed E-state index contributed by atoms with van der Waals surface area (Å²) in [4.78, 5) is 25.4. The fraction of sp³-hybridized carbons (Fsp3) is 0.846. The standard InChI is InChI=1S/C13H23N3O2/c1-9(17)16-7-3-6-12(16)13(18)15-11-5-2-4-10(11)8-14/h10-12H,2-8,14H2,1H3,(H,15,18). The first kappa shape index (κ1) is 13.3. The second-order valence-electron chi connectivity index (χ2n) is 5.41. The number of nitrogens with zero attached hydrogens (tertiary/aromatic N) is 1. The second-order valence-corrected chi connectivity index (χ2v) is 5.41. The smallest absolute Gasteiger partial charge is 0.243 e. The van der Waals surface area contributed by atoms with Crippen molar-refractivity contribution >= 4 is 11.8 Å². The molecule has 18 heavy (non-hydrogen) atoms. The maximum Gasteiger partial charge on any atom is 0.243 e. The van der Waals surface area contributed by atoms with Crippen LogP contribution in [0.3, 0.4) is 0 Å². The van der Waals surface area contributed by atoms with Crippen LogP contribution in [0.1, 0.15) is 39.0 Å². The molecule has 3 atom stereocenters. The molecule has 0 radical (unpaired) electrons. The molecule has 3 N–H and O–H groups in total. The van der Waals surface area contributed by atoms with Crippen LogP contribution in [0, 0.1) is 5.92 Å². The lowest BCUT2D eigenvalue weighted by atomic mass is 10.0. The predicted octanol–water partition coefficient (Wildman–Crippen LogP) is 0.241. The molecule has 2 rings (SSSR count). The fourth-order valence-electron chi connectivity index (χ4n) is 3.20. The summed E-state index contributed by atoms with van der Waals surface area (Å²) in [5.74, 6) is 0.406. The number of amides is 2. The number of nitrogens with two attached hydrogens (primary N) is 1. The highest BCUT2D eigenvalue weighted by Gasteiger charge is 2.35. The third kappa shape index (κ3) is 2.66. The normalized spacial score (nSPS) is 31.7. The molecular weight excluding hydrogens is 230 g/mol. The quantitative estimate of drug-likeness (QED) is 0.756. The zero-order valence-corrected chi connectivity index (χ0v) is 11.0. The Kier molecular flexibility index (Phi) is 4.22. The van der Waals surface area contributed by atoms with Gasteiger partial charge in [0.15, 0.2) is 0 Å². The summed E-state index contributed by atoms with van der Waals surface area (Å²) < 4.78 is 0. The van der Waals surface area contributed by atoms with Crippen LogP contribution in [0.25, 0.3) is 0 Å². The molecule has 3 unspecified atom stereocenters. The molecule has 1 aliphatic heterocycles. The Hall–Kier alpha value is -1.10. The molecule has 5 nitrogen and oxygen atoms in total. The highest BCUT2D eigenvalue weighted by atomic mass is 16.2. The number of carbonyl (C=O) groups is 2. The SMILES string of the molecule is CC(=O)N1CCCC1C(=O)NC1CCCC1CN. The van der Waals surface area contributed by atoms with E-state index in [0.29, 0.717) is 19.0 Å². The van der Waals surface area contributed by atoms with Crippen LogP contribution in [0.4, 0.5) is 0 Å². The van der Waals surface area contributed by atoms with Gasteiger partial charge in [-0.2, -0.15) is 0 Å².